The van der Waals surface area contributed by atoms with E-state index in [0.717, 1.165) is 0 Å². The Morgan fingerprint density at radius 3 is 2.53 bits per heavy atom. The molecule has 34 heavy (non-hydrogen) atoms. The highest BCUT2D eigenvalue weighted by Crippen LogP contribution is 2.29. The molecule has 1 aliphatic heterocycles. The molecule has 2 N–H and O–H groups in total. The maximum Gasteiger partial charge on any atom is 0.250 e. The number of hydrogen-bond acceptors (Lipinski definition) is 3. The lowest BCUT2D eigenvalue weighted by atomic mass is 10.0. The minimum atomic E-state index is -1.35. The number of nitrogens with two attached hydrogens (primary N) is 1. The number of carbonyl (C=O) groups is 3. The molecule has 1 aliphatic rings. The highest BCUT2D eigenvalue weighted by atomic mass is 35.5. The summed E-state index contributed by atoms with van der Waals surface area (Å²) in [5, 5.41) is 0.770. The summed E-state index contributed by atoms with van der Waals surface area (Å²) in [5.74, 6) is -2.13. The number of alkyl halides is 1. The summed E-state index contributed by atoms with van der Waals surface area (Å²) in [6, 6.07) is 8.50. The van der Waals surface area contributed by atoms with Crippen LogP contribution in [0.1, 0.15) is 28.8 Å². The van der Waals surface area contributed by atoms with Gasteiger partial charge in [-0.3, -0.25) is 14.4 Å². The van der Waals surface area contributed by atoms with E-state index in [0.29, 0.717) is 15.9 Å². The fourth-order valence-electron chi connectivity index (χ4n) is 4.40. The van der Waals surface area contributed by atoms with Crippen LogP contribution in [0.25, 0.3) is 10.9 Å². The van der Waals surface area contributed by atoms with Crippen molar-refractivity contribution in [2.45, 2.75) is 38.0 Å². The van der Waals surface area contributed by atoms with E-state index in [9.17, 15) is 23.2 Å². The molecule has 0 spiro atoms. The first-order valence-corrected chi connectivity index (χ1v) is 11.4. The van der Waals surface area contributed by atoms with E-state index in [2.05, 4.69) is 0 Å². The van der Waals surface area contributed by atoms with Gasteiger partial charge >= 0.3 is 0 Å². The van der Waals surface area contributed by atoms with Gasteiger partial charge in [-0.2, -0.15) is 0 Å². The molecule has 0 aliphatic carbocycles. The number of benzene rings is 2. The van der Waals surface area contributed by atoms with Crippen LogP contribution < -0.4 is 5.73 Å². The van der Waals surface area contributed by atoms with E-state index < -0.39 is 29.8 Å². The number of amides is 2. The predicted octanol–water partition coefficient (Wildman–Crippen LogP) is 4.33. The Morgan fingerprint density at radius 1 is 1.09 bits per heavy atom. The van der Waals surface area contributed by atoms with Crippen LogP contribution in [0.5, 0.6) is 0 Å². The number of Topliss-reactive ketones (excluding diaryl/α,β-unsaturated/α-hetero) is 1. The van der Waals surface area contributed by atoms with Crippen molar-refractivity contribution in [1.29, 1.82) is 0 Å². The zero-order chi connectivity index (χ0) is 24.6. The second kappa shape index (κ2) is 9.72. The van der Waals surface area contributed by atoms with Crippen LogP contribution in [0, 0.1) is 5.82 Å². The van der Waals surface area contributed by atoms with Gasteiger partial charge in [0.15, 0.2) is 5.78 Å². The number of nitrogens with zero attached hydrogens (tertiary/aromatic N) is 2. The minimum absolute atomic E-state index is 0.0422. The van der Waals surface area contributed by atoms with Crippen LogP contribution in [-0.4, -0.2) is 45.8 Å². The van der Waals surface area contributed by atoms with Crippen molar-refractivity contribution in [3.8, 4) is 0 Å². The van der Waals surface area contributed by atoms with Gasteiger partial charge < -0.3 is 15.2 Å². The second-order valence-corrected chi connectivity index (χ2v) is 9.06. The first-order chi connectivity index (χ1) is 16.2. The van der Waals surface area contributed by atoms with E-state index in [-0.39, 0.29) is 54.3 Å². The Morgan fingerprint density at radius 2 is 1.79 bits per heavy atom. The average Bonchev–Trinajstić information content (AvgIpc) is 3.36. The standard InChI is InChI=1S/C24H21Cl2F2N3O3/c25-17-5-1-3-13(22(17)28)7-8-20(32)19-9-14(27)10-31(19)21(33)12-30-11-16(24(29)34)15-4-2-6-18(26)23(15)30/h1-6,11,14,19H,7-10,12H2,(H2,29,34)/t14-,19+/m1/s1. The third-order valence-electron chi connectivity index (χ3n) is 6.03. The molecule has 10 heteroatoms. The number of halogens is 4. The van der Waals surface area contributed by atoms with Gasteiger partial charge in [0.25, 0.3) is 5.91 Å². The van der Waals surface area contributed by atoms with Crippen LogP contribution in [0.2, 0.25) is 10.0 Å². The Bertz CT molecular complexity index is 1290. The summed E-state index contributed by atoms with van der Waals surface area (Å²) in [4.78, 5) is 39.1. The summed E-state index contributed by atoms with van der Waals surface area (Å²) in [6.07, 6.45) is -0.0313. The zero-order valence-electron chi connectivity index (χ0n) is 17.9. The van der Waals surface area contributed by atoms with Gasteiger partial charge in [-0.15, -0.1) is 0 Å². The lowest BCUT2D eigenvalue weighted by Crippen LogP contribution is -2.42. The average molecular weight is 508 g/mol. The van der Waals surface area contributed by atoms with Gasteiger partial charge in [0.1, 0.15) is 18.5 Å². The summed E-state index contributed by atoms with van der Waals surface area (Å²) in [5.41, 5.74) is 6.38. The molecule has 4 rings (SSSR count). The van der Waals surface area contributed by atoms with Gasteiger partial charge in [0.05, 0.1) is 33.7 Å². The van der Waals surface area contributed by atoms with Crippen molar-refractivity contribution in [1.82, 2.24) is 9.47 Å². The molecule has 0 bridgehead atoms. The summed E-state index contributed by atoms with van der Waals surface area (Å²) in [7, 11) is 0. The number of aryl methyl sites for hydroxylation is 1. The van der Waals surface area contributed by atoms with Crippen LogP contribution in [0.4, 0.5) is 8.78 Å². The second-order valence-electron chi connectivity index (χ2n) is 8.25. The number of likely N-dealkylation sites (tertiary alicyclic amines) is 1. The van der Waals surface area contributed by atoms with E-state index in [1.165, 1.54) is 27.8 Å². The molecule has 2 atom stereocenters. The van der Waals surface area contributed by atoms with Gasteiger partial charge in [-0.05, 0) is 24.1 Å². The minimum Gasteiger partial charge on any atom is -0.366 e. The number of rotatable bonds is 7. The van der Waals surface area contributed by atoms with E-state index in [4.69, 9.17) is 28.9 Å². The number of fused-ring (bicyclic) bond motifs is 1. The van der Waals surface area contributed by atoms with E-state index in [1.54, 1.807) is 24.3 Å². The van der Waals surface area contributed by atoms with Crippen molar-refractivity contribution in [2.75, 3.05) is 6.54 Å². The summed E-state index contributed by atoms with van der Waals surface area (Å²) in [6.45, 7) is -0.483. The van der Waals surface area contributed by atoms with Crippen LogP contribution in [0.3, 0.4) is 0 Å². The molecule has 2 aromatic carbocycles. The Labute approximate surface area is 204 Å². The third-order valence-corrected chi connectivity index (χ3v) is 6.63. The number of carbonyl (C=O) groups excluding carboxylic acids is 3. The fraction of sp³-hybridized carbons (Fsp3) is 0.292. The molecular formula is C24H21Cl2F2N3O3. The number of para-hydroxylation sites is 1. The molecular weight excluding hydrogens is 487 g/mol. The molecule has 2 amide bonds. The van der Waals surface area contributed by atoms with Crippen LogP contribution in [0.15, 0.2) is 42.6 Å². The smallest absolute Gasteiger partial charge is 0.250 e. The molecule has 2 heterocycles. The molecule has 1 fully saturated rings. The molecule has 0 saturated carbocycles. The lowest BCUT2D eigenvalue weighted by molar-refractivity contribution is -0.138. The molecule has 1 saturated heterocycles. The summed E-state index contributed by atoms with van der Waals surface area (Å²) < 4.78 is 29.9. The number of aromatic nitrogens is 1. The topological polar surface area (TPSA) is 85.4 Å². The molecule has 0 radical (unpaired) electrons. The van der Waals surface area contributed by atoms with Crippen molar-refractivity contribution in [2.24, 2.45) is 5.73 Å². The molecule has 1 aromatic heterocycles. The Balaban J connectivity index is 1.53. The number of ketones is 1. The Kier molecular flexibility index (Phi) is 6.91. The summed E-state index contributed by atoms with van der Waals surface area (Å²) >= 11 is 12.1. The first kappa shape index (κ1) is 24.2. The van der Waals surface area contributed by atoms with Crippen molar-refractivity contribution < 1.29 is 23.2 Å². The van der Waals surface area contributed by atoms with Crippen molar-refractivity contribution >= 4 is 51.7 Å². The highest BCUT2D eigenvalue weighted by molar-refractivity contribution is 6.35. The number of hydrogen-bond donors (Lipinski definition) is 1. The maximum atomic E-state index is 14.3. The van der Waals surface area contributed by atoms with Crippen molar-refractivity contribution in [3.63, 3.8) is 0 Å². The van der Waals surface area contributed by atoms with Gasteiger partial charge in [0.2, 0.25) is 5.91 Å². The fourth-order valence-corrected chi connectivity index (χ4v) is 4.88. The van der Waals surface area contributed by atoms with Crippen molar-refractivity contribution in [3.05, 3.63) is 69.6 Å². The molecule has 178 valence electrons. The van der Waals surface area contributed by atoms with Gasteiger partial charge in [-0.25, -0.2) is 8.78 Å². The molecule has 6 nitrogen and oxygen atoms in total. The number of primary amides is 1. The normalized spacial score (nSPS) is 17.9. The first-order valence-electron chi connectivity index (χ1n) is 10.6. The third kappa shape index (κ3) is 4.65. The van der Waals surface area contributed by atoms with Crippen LogP contribution in [-0.2, 0) is 22.6 Å². The van der Waals surface area contributed by atoms with E-state index in [1.807, 2.05) is 0 Å². The van der Waals surface area contributed by atoms with Gasteiger partial charge in [0, 0.05) is 24.4 Å². The maximum absolute atomic E-state index is 14.3. The Hall–Kier alpha value is -2.97. The molecule has 0 unspecified atom stereocenters. The highest BCUT2D eigenvalue weighted by Gasteiger charge is 2.39. The lowest BCUT2D eigenvalue weighted by Gasteiger charge is -2.24. The zero-order valence-corrected chi connectivity index (χ0v) is 19.5. The van der Waals surface area contributed by atoms with Crippen LogP contribution >= 0.6 is 23.2 Å². The SMILES string of the molecule is NC(=O)c1cn(CC(=O)N2C[C@H](F)C[C@H]2C(=O)CCc2cccc(Cl)c2F)c2c(Cl)cccc12. The largest absolute Gasteiger partial charge is 0.366 e. The predicted molar refractivity (Wildman–Crippen MR) is 125 cm³/mol. The quantitative estimate of drug-likeness (QED) is 0.516. The monoisotopic (exact) mass is 507 g/mol. The van der Waals surface area contributed by atoms with Gasteiger partial charge in [-0.1, -0.05) is 47.5 Å². The molecule has 3 aromatic rings. The van der Waals surface area contributed by atoms with E-state index >= 15 is 0 Å².